The Hall–Kier alpha value is -2.64. The number of carbonyl (C=O) groups excluding carboxylic acids is 2. The predicted molar refractivity (Wildman–Crippen MR) is 141 cm³/mol. The summed E-state index contributed by atoms with van der Waals surface area (Å²) in [7, 11) is 4.44. The first-order chi connectivity index (χ1) is 18.7. The van der Waals surface area contributed by atoms with Crippen LogP contribution in [0.5, 0.6) is 11.5 Å². The van der Waals surface area contributed by atoms with Crippen LogP contribution in [0.1, 0.15) is 84.8 Å². The van der Waals surface area contributed by atoms with Crippen molar-refractivity contribution in [3.05, 3.63) is 55.4 Å². The molecule has 4 atom stereocenters. The maximum absolute atomic E-state index is 12.5. The second-order valence-electron chi connectivity index (χ2n) is 10.1. The Morgan fingerprint density at radius 3 is 1.70 bits per heavy atom. The zero-order chi connectivity index (χ0) is 28.2. The predicted octanol–water partition coefficient (Wildman–Crippen LogP) is -1.61. The van der Waals surface area contributed by atoms with Gasteiger partial charge >= 0.3 is 29.6 Å². The van der Waals surface area contributed by atoms with Crippen LogP contribution in [-0.2, 0) is 4.74 Å². The SMILES string of the molecule is CCN1CC2CC(O)c3cc(=O)c(OC)c(n32)C1=O.CCN1CC2CC(OC)c3cc(=O)c(OC)c(n32)C1=O.[H-].[Na+]. The summed E-state index contributed by atoms with van der Waals surface area (Å²) in [6, 6.07) is 3.08. The number of amides is 2. The van der Waals surface area contributed by atoms with E-state index in [0.717, 1.165) is 12.1 Å². The molecule has 4 aliphatic heterocycles. The number of rotatable bonds is 5. The summed E-state index contributed by atoms with van der Waals surface area (Å²) >= 11 is 0. The van der Waals surface area contributed by atoms with Crippen molar-refractivity contribution in [3.8, 4) is 11.5 Å². The van der Waals surface area contributed by atoms with Crippen molar-refractivity contribution < 1.29 is 59.9 Å². The number of aliphatic hydroxyl groups excluding tert-OH is 1. The number of methoxy groups -OCH3 is 3. The summed E-state index contributed by atoms with van der Waals surface area (Å²) in [4.78, 5) is 52.5. The van der Waals surface area contributed by atoms with E-state index in [1.807, 2.05) is 18.4 Å². The quantitative estimate of drug-likeness (QED) is 0.428. The standard InChI is InChI=1S/C14H18N2O4.C13H16N2O4.Na.H/c1-4-15-7-8-5-11(19-2)9-6-10(17)13(20-3)12(14(15)18)16(8)9;1-3-14-6-7-4-9(16)8-5-10(17)12(19-2)11(13(14)18)15(7)8;;/h6,8,11H,4-5,7H2,1-3H3;5,7,9,16H,3-4,6H2,1-2H3;;/q;;+1;-1. The molecule has 0 radical (unpaired) electrons. The van der Waals surface area contributed by atoms with Crippen molar-refractivity contribution in [2.45, 2.75) is 51.0 Å². The summed E-state index contributed by atoms with van der Waals surface area (Å²) in [6.45, 7) is 6.25. The summed E-state index contributed by atoms with van der Waals surface area (Å²) in [5.41, 5.74) is 1.34. The molecule has 0 aliphatic carbocycles. The summed E-state index contributed by atoms with van der Waals surface area (Å²) < 4.78 is 19.5. The number of carbonyl (C=O) groups is 2. The molecule has 2 amide bonds. The zero-order valence-corrected chi connectivity index (χ0v) is 25.8. The van der Waals surface area contributed by atoms with Crippen molar-refractivity contribution in [2.75, 3.05) is 47.5 Å². The first-order valence-electron chi connectivity index (χ1n) is 13.2. The largest absolute Gasteiger partial charge is 1.00 e. The van der Waals surface area contributed by atoms with Crippen LogP contribution in [-0.4, -0.2) is 83.4 Å². The maximum Gasteiger partial charge on any atom is 1.00 e. The topological polar surface area (TPSA) is 133 Å². The molecule has 4 aliphatic rings. The van der Waals surface area contributed by atoms with Gasteiger partial charge < -0.3 is 39.7 Å². The number of ether oxygens (including phenoxy) is 3. The van der Waals surface area contributed by atoms with Crippen molar-refractivity contribution >= 4 is 11.8 Å². The van der Waals surface area contributed by atoms with E-state index in [4.69, 9.17) is 14.2 Å². The van der Waals surface area contributed by atoms with Crippen LogP contribution in [0.3, 0.4) is 0 Å². The number of hydrogen-bond acceptors (Lipinski definition) is 8. The van der Waals surface area contributed by atoms with Gasteiger partial charge in [-0.05, 0) is 13.8 Å². The van der Waals surface area contributed by atoms with Gasteiger partial charge in [-0.15, -0.1) is 0 Å². The molecular weight excluding hydrogens is 531 g/mol. The Morgan fingerprint density at radius 1 is 0.800 bits per heavy atom. The van der Waals surface area contributed by atoms with Crippen LogP contribution in [0.4, 0.5) is 0 Å². The van der Waals surface area contributed by atoms with Crippen LogP contribution in [0.2, 0.25) is 0 Å². The molecular formula is C27H35N4NaO8. The Labute approximate surface area is 255 Å². The second kappa shape index (κ2) is 11.7. The minimum atomic E-state index is -0.688. The van der Waals surface area contributed by atoms with Gasteiger partial charge in [0.25, 0.3) is 11.8 Å². The van der Waals surface area contributed by atoms with Gasteiger partial charge in [-0.2, -0.15) is 0 Å². The minimum Gasteiger partial charge on any atom is -1.00 e. The number of nitrogens with zero attached hydrogens (tertiary/aromatic N) is 4. The van der Waals surface area contributed by atoms with Crippen molar-refractivity contribution in [1.29, 1.82) is 0 Å². The van der Waals surface area contributed by atoms with E-state index in [-0.39, 0.29) is 89.0 Å². The monoisotopic (exact) mass is 566 g/mol. The third-order valence-electron chi connectivity index (χ3n) is 8.15. The minimum absolute atomic E-state index is 0. The van der Waals surface area contributed by atoms with Crippen LogP contribution in [0.15, 0.2) is 21.7 Å². The first-order valence-corrected chi connectivity index (χ1v) is 13.2. The fraction of sp³-hybridized carbons (Fsp3) is 0.556. The van der Waals surface area contributed by atoms with E-state index in [0.29, 0.717) is 44.0 Å². The van der Waals surface area contributed by atoms with Crippen molar-refractivity contribution in [2.24, 2.45) is 0 Å². The maximum atomic E-state index is 12.5. The molecule has 12 nitrogen and oxygen atoms in total. The van der Waals surface area contributed by atoms with Crippen molar-refractivity contribution in [3.63, 3.8) is 0 Å². The molecule has 0 bridgehead atoms. The zero-order valence-electron chi connectivity index (χ0n) is 24.8. The molecule has 1 N–H and O–H groups in total. The Kier molecular flexibility index (Phi) is 8.86. The smallest absolute Gasteiger partial charge is 1.00 e. The molecule has 6 rings (SSSR count). The van der Waals surface area contributed by atoms with Crippen molar-refractivity contribution in [1.82, 2.24) is 18.9 Å². The Morgan fingerprint density at radius 2 is 1.25 bits per heavy atom. The molecule has 0 saturated heterocycles. The van der Waals surface area contributed by atoms with Gasteiger partial charge in [0.2, 0.25) is 10.9 Å². The number of aliphatic hydroxyl groups is 1. The van der Waals surface area contributed by atoms with Crippen LogP contribution in [0, 0.1) is 0 Å². The fourth-order valence-corrected chi connectivity index (χ4v) is 6.34. The number of hydrogen-bond donors (Lipinski definition) is 1. The third kappa shape index (κ3) is 4.59. The van der Waals surface area contributed by atoms with E-state index < -0.39 is 6.10 Å². The number of likely N-dealkylation sites (N-methyl/N-ethyl adjacent to an activating group) is 2. The van der Waals surface area contributed by atoms with Crippen LogP contribution in [0.25, 0.3) is 0 Å². The van der Waals surface area contributed by atoms with Crippen LogP contribution >= 0.6 is 0 Å². The molecule has 2 aromatic rings. The summed E-state index contributed by atoms with van der Waals surface area (Å²) in [6.07, 6.45) is 0.484. The van der Waals surface area contributed by atoms with E-state index in [9.17, 15) is 24.3 Å². The molecule has 0 aromatic carbocycles. The van der Waals surface area contributed by atoms with Gasteiger partial charge in [-0.1, -0.05) is 0 Å². The second-order valence-corrected chi connectivity index (χ2v) is 10.1. The molecule has 0 saturated carbocycles. The molecule has 6 heterocycles. The normalized spacial score (nSPS) is 23.6. The average molecular weight is 567 g/mol. The van der Waals surface area contributed by atoms with Gasteiger partial charge in [0.15, 0.2) is 22.9 Å². The van der Waals surface area contributed by atoms with E-state index >= 15 is 0 Å². The molecule has 40 heavy (non-hydrogen) atoms. The van der Waals surface area contributed by atoms with Gasteiger partial charge in [0.1, 0.15) is 0 Å². The Balaban J connectivity index is 0.000000215. The molecule has 0 spiro atoms. The molecule has 2 aromatic heterocycles. The summed E-state index contributed by atoms with van der Waals surface area (Å²) in [5.74, 6) is -0.135. The van der Waals surface area contributed by atoms with Gasteiger partial charge in [0.05, 0.1) is 49.9 Å². The number of pyridine rings is 2. The van der Waals surface area contributed by atoms with Gasteiger partial charge in [-0.3, -0.25) is 19.2 Å². The molecule has 4 unspecified atom stereocenters. The van der Waals surface area contributed by atoms with Gasteiger partial charge in [0, 0.05) is 58.3 Å². The molecule has 13 heteroatoms. The van der Waals surface area contributed by atoms with E-state index in [2.05, 4.69) is 0 Å². The Bertz CT molecular complexity index is 1460. The van der Waals surface area contributed by atoms with Crippen LogP contribution < -0.4 is 49.9 Å². The van der Waals surface area contributed by atoms with E-state index in [1.54, 1.807) is 21.5 Å². The average Bonchev–Trinajstić information content (AvgIpc) is 3.44. The first kappa shape index (κ1) is 30.3. The fourth-order valence-electron chi connectivity index (χ4n) is 6.34. The molecule has 0 fully saturated rings. The van der Waals surface area contributed by atoms with E-state index in [1.165, 1.54) is 26.4 Å². The van der Waals surface area contributed by atoms with Gasteiger partial charge in [-0.25, -0.2) is 0 Å². The number of aromatic nitrogens is 2. The molecule has 212 valence electrons. The summed E-state index contributed by atoms with van der Waals surface area (Å²) in [5, 5.41) is 10.0. The third-order valence-corrected chi connectivity index (χ3v) is 8.15.